The van der Waals surface area contributed by atoms with Crippen LogP contribution >= 0.6 is 0 Å². The maximum Gasteiger partial charge on any atom is 0.333 e. The van der Waals surface area contributed by atoms with Gasteiger partial charge in [0.05, 0.1) is 11.8 Å². The van der Waals surface area contributed by atoms with Gasteiger partial charge in [-0.2, -0.15) is 4.58 Å². The first-order valence-corrected chi connectivity index (χ1v) is 20.7. The van der Waals surface area contributed by atoms with Crippen LogP contribution in [0.25, 0.3) is 0 Å². The number of imide groups is 1. The minimum Gasteiger partial charge on any atom is -0.457 e. The third kappa shape index (κ3) is 7.92. The van der Waals surface area contributed by atoms with E-state index in [-0.39, 0.29) is 30.1 Å². The highest BCUT2D eigenvalue weighted by Crippen LogP contribution is 2.48. The molecule has 296 valence electrons. The van der Waals surface area contributed by atoms with Crippen LogP contribution in [0, 0.1) is 0 Å². The lowest BCUT2D eigenvalue weighted by Gasteiger charge is -2.27. The van der Waals surface area contributed by atoms with Gasteiger partial charge < -0.3 is 14.5 Å². The lowest BCUT2D eigenvalue weighted by Crippen LogP contribution is -2.32. The number of amides is 2. The van der Waals surface area contributed by atoms with Crippen LogP contribution in [0.4, 0.5) is 11.4 Å². The van der Waals surface area contributed by atoms with Crippen LogP contribution in [0.5, 0.6) is 5.75 Å². The molecule has 4 aliphatic rings. The van der Waals surface area contributed by atoms with Gasteiger partial charge in [-0.3, -0.25) is 9.59 Å². The number of hydrogen-bond donors (Lipinski definition) is 0. The maximum atomic E-state index is 12.5. The lowest BCUT2D eigenvalue weighted by molar-refractivity contribution is -0.437. The highest BCUT2D eigenvalue weighted by Gasteiger charge is 2.44. The quantitative estimate of drug-likeness (QED) is 0.127. The molecule has 3 aromatic carbocycles. The van der Waals surface area contributed by atoms with E-state index in [0.717, 1.165) is 56.5 Å². The zero-order valence-electron chi connectivity index (χ0n) is 34.4. The zero-order valence-corrected chi connectivity index (χ0v) is 34.4. The Balaban J connectivity index is 1.21. The van der Waals surface area contributed by atoms with Gasteiger partial charge in [0, 0.05) is 60.3 Å². The molecule has 3 heterocycles. The first-order chi connectivity index (χ1) is 27.4. The van der Waals surface area contributed by atoms with E-state index in [9.17, 15) is 14.4 Å². The van der Waals surface area contributed by atoms with E-state index in [2.05, 4.69) is 124 Å². The lowest BCUT2D eigenvalue weighted by atomic mass is 9.81. The Morgan fingerprint density at radius 2 is 1.49 bits per heavy atom. The average Bonchev–Trinajstić information content (AvgIpc) is 3.72. The number of nitrogens with zero attached hydrogens (tertiary/aromatic N) is 3. The number of rotatable bonds is 13. The van der Waals surface area contributed by atoms with Crippen molar-refractivity contribution in [2.24, 2.45) is 0 Å². The van der Waals surface area contributed by atoms with Crippen LogP contribution in [-0.4, -0.2) is 46.2 Å². The molecular formula is C49H56N3O5+. The van der Waals surface area contributed by atoms with Crippen molar-refractivity contribution >= 4 is 34.9 Å². The molecule has 0 unspecified atom stereocenters. The molecule has 1 saturated heterocycles. The van der Waals surface area contributed by atoms with E-state index in [0.29, 0.717) is 17.2 Å². The van der Waals surface area contributed by atoms with Gasteiger partial charge >= 0.3 is 5.97 Å². The maximum absolute atomic E-state index is 12.5. The van der Waals surface area contributed by atoms with Crippen LogP contribution in [0.3, 0.4) is 0 Å². The molecule has 1 aliphatic carbocycles. The van der Waals surface area contributed by atoms with Gasteiger partial charge in [-0.05, 0) is 98.6 Å². The van der Waals surface area contributed by atoms with Crippen molar-refractivity contribution in [2.75, 3.05) is 18.0 Å². The molecule has 3 aliphatic heterocycles. The topological polar surface area (TPSA) is 79.2 Å². The van der Waals surface area contributed by atoms with Crippen molar-refractivity contribution in [2.45, 2.75) is 110 Å². The molecule has 0 radical (unpaired) electrons. The highest BCUT2D eigenvalue weighted by atomic mass is 16.7. The molecule has 0 N–H and O–H groups in total. The molecule has 8 heteroatoms. The van der Waals surface area contributed by atoms with Gasteiger partial charge in [0.1, 0.15) is 18.1 Å². The summed E-state index contributed by atoms with van der Waals surface area (Å²) < 4.78 is 9.38. The number of benzene rings is 3. The fourth-order valence-corrected chi connectivity index (χ4v) is 8.82. The van der Waals surface area contributed by atoms with Gasteiger partial charge in [0.2, 0.25) is 5.69 Å². The Bertz CT molecular complexity index is 2200. The monoisotopic (exact) mass is 766 g/mol. The molecule has 0 bridgehead atoms. The van der Waals surface area contributed by atoms with Crippen LogP contribution in [0.1, 0.15) is 110 Å². The molecule has 0 saturated carbocycles. The first kappa shape index (κ1) is 39.7. The van der Waals surface area contributed by atoms with Gasteiger partial charge in [-0.25, -0.2) is 4.79 Å². The number of hydrogen-bond acceptors (Lipinski definition) is 6. The Hall–Kier alpha value is -5.50. The van der Waals surface area contributed by atoms with Crippen molar-refractivity contribution in [1.82, 2.24) is 5.06 Å². The van der Waals surface area contributed by atoms with Gasteiger partial charge in [0.25, 0.3) is 11.8 Å². The number of allylic oxidation sites excluding steroid dienone is 7. The van der Waals surface area contributed by atoms with Crippen molar-refractivity contribution in [1.29, 1.82) is 0 Å². The van der Waals surface area contributed by atoms with Gasteiger partial charge in [0.15, 0.2) is 5.71 Å². The third-order valence-corrected chi connectivity index (χ3v) is 11.8. The molecular weight excluding hydrogens is 711 g/mol. The van der Waals surface area contributed by atoms with Crippen LogP contribution in [0.15, 0.2) is 120 Å². The van der Waals surface area contributed by atoms with E-state index in [4.69, 9.17) is 9.57 Å². The van der Waals surface area contributed by atoms with E-state index in [1.165, 1.54) is 45.1 Å². The second-order valence-electron chi connectivity index (χ2n) is 16.5. The Kier molecular flexibility index (Phi) is 11.5. The number of hydroxylamine groups is 2. The molecule has 3 aromatic rings. The molecule has 8 nitrogen and oxygen atoms in total. The number of fused-ring (bicyclic) bond motifs is 2. The smallest absolute Gasteiger partial charge is 0.333 e. The molecule has 0 aromatic heterocycles. The average molecular weight is 767 g/mol. The molecule has 57 heavy (non-hydrogen) atoms. The zero-order chi connectivity index (χ0) is 40.3. The van der Waals surface area contributed by atoms with Crippen molar-refractivity contribution < 1.29 is 28.5 Å². The SMILES string of the molecule is CCCN1/C(=C/C=C2\CCCC(/C=C/C3=[N+](CCC)c4ccccc4C3(C)C)=C2Oc2ccc(CCC(=O)ON3C(=O)CCC3=O)cc2)C(C)(C)c2ccccc21. The predicted octanol–water partition coefficient (Wildman–Crippen LogP) is 10.1. The number of ether oxygens (including phenoxy) is 1. The number of carbonyl (C=O) groups is 3. The highest BCUT2D eigenvalue weighted by molar-refractivity contribution is 6.03. The standard InChI is InChI=1S/C49H56N3O5/c1-7-32-50-40-18-11-9-16-38(40)48(3,4)42(50)27-23-35-14-13-15-36(24-28-43-49(5,6)39-17-10-12-19-41(39)51(43)33-8-2)47(35)56-37-25-20-34(21-26-37)22-31-46(55)57-52-44(53)29-30-45(52)54/h9-12,16-21,23-28H,7-8,13-15,22,29-33H2,1-6H3/q+1. The summed E-state index contributed by atoms with van der Waals surface area (Å²) in [5, 5.41) is 0.602. The van der Waals surface area contributed by atoms with Gasteiger partial charge in [-0.15, -0.1) is 5.06 Å². The molecule has 7 rings (SSSR count). The number of para-hydroxylation sites is 2. The van der Waals surface area contributed by atoms with Gasteiger partial charge in [-0.1, -0.05) is 82.3 Å². The van der Waals surface area contributed by atoms with E-state index >= 15 is 0 Å². The number of anilines is 1. The van der Waals surface area contributed by atoms with E-state index in [1.54, 1.807) is 0 Å². The van der Waals surface area contributed by atoms with Crippen molar-refractivity contribution in [3.8, 4) is 5.75 Å². The summed E-state index contributed by atoms with van der Waals surface area (Å²) in [6, 6.07) is 25.3. The summed E-state index contributed by atoms with van der Waals surface area (Å²) >= 11 is 0. The largest absolute Gasteiger partial charge is 0.457 e. The summed E-state index contributed by atoms with van der Waals surface area (Å²) in [7, 11) is 0. The number of aryl methyl sites for hydroxylation is 1. The summed E-state index contributed by atoms with van der Waals surface area (Å²) in [5.41, 5.74) is 10.8. The predicted molar refractivity (Wildman–Crippen MR) is 225 cm³/mol. The fraction of sp³-hybridized carbons (Fsp3) is 0.388. The number of carbonyl (C=O) groups excluding carboxylic acids is 3. The van der Waals surface area contributed by atoms with Crippen LogP contribution in [-0.2, 0) is 36.5 Å². The molecule has 0 spiro atoms. The molecule has 0 atom stereocenters. The van der Waals surface area contributed by atoms with Crippen molar-refractivity contribution in [3.05, 3.63) is 136 Å². The van der Waals surface area contributed by atoms with Crippen LogP contribution in [0.2, 0.25) is 0 Å². The first-order valence-electron chi connectivity index (χ1n) is 20.7. The minimum absolute atomic E-state index is 0.0439. The van der Waals surface area contributed by atoms with Crippen LogP contribution < -0.4 is 9.64 Å². The minimum atomic E-state index is -0.610. The third-order valence-electron chi connectivity index (χ3n) is 11.8. The fourth-order valence-electron chi connectivity index (χ4n) is 8.82. The molecule has 2 amide bonds. The summed E-state index contributed by atoms with van der Waals surface area (Å²) in [6.45, 7) is 15.7. The van der Waals surface area contributed by atoms with E-state index in [1.807, 2.05) is 24.3 Å². The summed E-state index contributed by atoms with van der Waals surface area (Å²) in [5.74, 6) is 0.0365. The summed E-state index contributed by atoms with van der Waals surface area (Å²) in [4.78, 5) is 43.8. The van der Waals surface area contributed by atoms with Crippen molar-refractivity contribution in [3.63, 3.8) is 0 Å². The van der Waals surface area contributed by atoms with E-state index < -0.39 is 17.8 Å². The summed E-state index contributed by atoms with van der Waals surface area (Å²) in [6.07, 6.45) is 14.7. The Morgan fingerprint density at radius 3 is 2.21 bits per heavy atom. The second kappa shape index (κ2) is 16.5. The normalized spacial score (nSPS) is 20.0. The Labute approximate surface area is 337 Å². The Morgan fingerprint density at radius 1 is 0.789 bits per heavy atom. The second-order valence-corrected chi connectivity index (χ2v) is 16.5. The molecule has 1 fully saturated rings.